The molecule has 0 saturated carbocycles. The number of halogens is 6. The molecule has 0 aliphatic carbocycles. The van der Waals surface area contributed by atoms with Gasteiger partial charge in [0.25, 0.3) is 0 Å². The Bertz CT molecular complexity index is 515. The van der Waals surface area contributed by atoms with Gasteiger partial charge in [0.05, 0.1) is 103 Å². The first kappa shape index (κ1) is 49.4. The van der Waals surface area contributed by atoms with Gasteiger partial charge in [0.15, 0.2) is 0 Å². The Morgan fingerprint density at radius 3 is 0.574 bits per heavy atom. The van der Waals surface area contributed by atoms with Crippen LogP contribution < -0.4 is 0 Å². The number of rotatable bonds is 40. The maximum Gasteiger partial charge on any atom is 0.146 e. The molecule has 0 rings (SSSR count). The highest BCUT2D eigenvalue weighted by Crippen LogP contribution is 2.26. The van der Waals surface area contributed by atoms with Gasteiger partial charge in [-0.15, -0.1) is 0 Å². The third-order valence-electron chi connectivity index (χ3n) is 5.59. The Morgan fingerprint density at radius 1 is 0.234 bits per heavy atom. The van der Waals surface area contributed by atoms with E-state index in [1.54, 1.807) is 0 Å². The molecule has 19 heteroatoms. The normalized spacial score (nSPS) is 12.4. The highest BCUT2D eigenvalue weighted by molar-refractivity contribution is 9.10. The van der Waals surface area contributed by atoms with E-state index in [2.05, 4.69) is 95.6 Å². The van der Waals surface area contributed by atoms with Crippen molar-refractivity contribution in [3.8, 4) is 0 Å². The topological polar surface area (TPSA) is 120 Å². The second kappa shape index (κ2) is 38.1. The van der Waals surface area contributed by atoms with Gasteiger partial charge in [0, 0.05) is 32.0 Å². The quantitative estimate of drug-likeness (QED) is 0.0450. The molecular weight excluding hydrogens is 1020 g/mol. The summed E-state index contributed by atoms with van der Waals surface area (Å²) in [6, 6.07) is 0. The number of hydrogen-bond donors (Lipinski definition) is 0. The van der Waals surface area contributed by atoms with E-state index in [0.29, 0.717) is 71.6 Å². The number of alkyl halides is 6. The summed E-state index contributed by atoms with van der Waals surface area (Å²) in [6.45, 7) is 5.43. The molecule has 0 aliphatic heterocycles. The third kappa shape index (κ3) is 30.5. The van der Waals surface area contributed by atoms with Gasteiger partial charge in [-0.3, -0.25) is 0 Å². The minimum atomic E-state index is -0.738. The van der Waals surface area contributed by atoms with Gasteiger partial charge >= 0.3 is 0 Å². The fraction of sp³-hybridized carbons (Fsp3) is 1.00. The molecule has 0 aromatic rings. The average Bonchev–Trinajstić information content (AvgIpc) is 3.07. The molecule has 0 aromatic carbocycles. The van der Waals surface area contributed by atoms with Crippen molar-refractivity contribution in [1.82, 2.24) is 0 Å². The van der Waals surface area contributed by atoms with E-state index in [-0.39, 0.29) is 93.6 Å². The maximum atomic E-state index is 6.46. The summed E-state index contributed by atoms with van der Waals surface area (Å²) < 4.78 is 75.2. The molecule has 0 aromatic heterocycles. The first-order chi connectivity index (χ1) is 23.1. The van der Waals surface area contributed by atoms with Crippen LogP contribution in [-0.4, -0.2) is 165 Å². The summed E-state index contributed by atoms with van der Waals surface area (Å²) in [6.07, 6.45) is 0. The van der Waals surface area contributed by atoms with Crippen LogP contribution in [0.2, 0.25) is 0 Å². The van der Waals surface area contributed by atoms with Crippen LogP contribution in [0.15, 0.2) is 0 Å². The summed E-state index contributed by atoms with van der Waals surface area (Å²) in [7, 11) is 0. The Kier molecular flexibility index (Phi) is 40.0. The van der Waals surface area contributed by atoms with Crippen molar-refractivity contribution >= 4 is 95.6 Å². The lowest BCUT2D eigenvalue weighted by Crippen LogP contribution is -2.46. The van der Waals surface area contributed by atoms with Crippen LogP contribution >= 0.6 is 95.6 Å². The van der Waals surface area contributed by atoms with Crippen molar-refractivity contribution in [3.63, 3.8) is 0 Å². The van der Waals surface area contributed by atoms with Gasteiger partial charge in [0.2, 0.25) is 0 Å². The van der Waals surface area contributed by atoms with E-state index in [4.69, 9.17) is 61.6 Å². The van der Waals surface area contributed by atoms with Crippen LogP contribution in [0.1, 0.15) is 0 Å². The molecule has 47 heavy (non-hydrogen) atoms. The number of hydrogen-bond acceptors (Lipinski definition) is 13. The van der Waals surface area contributed by atoms with Crippen molar-refractivity contribution < 1.29 is 61.6 Å². The van der Waals surface area contributed by atoms with Gasteiger partial charge in [-0.2, -0.15) is 0 Å². The summed E-state index contributed by atoms with van der Waals surface area (Å²) in [4.78, 5) is 0. The summed E-state index contributed by atoms with van der Waals surface area (Å²) in [5.41, 5.74) is -1.48. The van der Waals surface area contributed by atoms with E-state index in [9.17, 15) is 0 Å². The lowest BCUT2D eigenvalue weighted by atomic mass is 9.90. The fourth-order valence-electron chi connectivity index (χ4n) is 3.57. The van der Waals surface area contributed by atoms with Crippen molar-refractivity contribution in [2.24, 2.45) is 10.8 Å². The van der Waals surface area contributed by atoms with Gasteiger partial charge in [-0.25, -0.2) is 0 Å². The second-order valence-corrected chi connectivity index (χ2v) is 14.6. The zero-order valence-corrected chi connectivity index (χ0v) is 36.5. The summed E-state index contributed by atoms with van der Waals surface area (Å²) in [5, 5.41) is 4.19. The molecule has 0 heterocycles. The van der Waals surface area contributed by atoms with Crippen LogP contribution in [0.5, 0.6) is 0 Å². The Hall–Kier alpha value is 2.36. The molecule has 284 valence electrons. The van der Waals surface area contributed by atoms with Crippen LogP contribution in [0.3, 0.4) is 0 Å². The molecule has 0 radical (unpaired) electrons. The van der Waals surface area contributed by atoms with E-state index in [1.165, 1.54) is 0 Å². The highest BCUT2D eigenvalue weighted by Gasteiger charge is 2.37. The zero-order chi connectivity index (χ0) is 34.6. The molecule has 0 atom stereocenters. The lowest BCUT2D eigenvalue weighted by molar-refractivity contribution is -0.192. The first-order valence-corrected chi connectivity index (χ1v) is 21.7. The average molecular weight is 1080 g/mol. The molecule has 0 aliphatic rings. The SMILES string of the molecule is BrCCOCOCC(COCOCCBr)(COCOCCBr)COCC(COCOCCBr)(COCOCCBr)COCOCCBr. The first-order valence-electron chi connectivity index (χ1n) is 14.9. The molecule has 0 saturated heterocycles. The largest absolute Gasteiger partial charge is 0.380 e. The molecule has 0 N–H and O–H groups in total. The van der Waals surface area contributed by atoms with Gasteiger partial charge in [-0.1, -0.05) is 95.6 Å². The van der Waals surface area contributed by atoms with E-state index >= 15 is 0 Å². The predicted molar refractivity (Wildman–Crippen MR) is 199 cm³/mol. The van der Waals surface area contributed by atoms with Crippen LogP contribution in [-0.2, 0) is 61.6 Å². The maximum absolute atomic E-state index is 6.46. The minimum absolute atomic E-state index is 0.101. The fourth-order valence-corrected chi connectivity index (χ4v) is 4.94. The molecule has 13 nitrogen and oxygen atoms in total. The monoisotopic (exact) mass is 1070 g/mol. The van der Waals surface area contributed by atoms with Gasteiger partial charge < -0.3 is 61.6 Å². The van der Waals surface area contributed by atoms with Crippen molar-refractivity contribution in [1.29, 1.82) is 0 Å². The Morgan fingerprint density at radius 2 is 0.404 bits per heavy atom. The minimum Gasteiger partial charge on any atom is -0.380 e. The van der Waals surface area contributed by atoms with Crippen LogP contribution in [0, 0.1) is 10.8 Å². The Balaban J connectivity index is 5.87. The zero-order valence-electron chi connectivity index (χ0n) is 27.0. The molecule has 0 spiro atoms. The van der Waals surface area contributed by atoms with E-state index < -0.39 is 10.8 Å². The van der Waals surface area contributed by atoms with Crippen LogP contribution in [0.4, 0.5) is 0 Å². The lowest BCUT2D eigenvalue weighted by Gasteiger charge is -2.36. The van der Waals surface area contributed by atoms with Crippen molar-refractivity contribution in [3.05, 3.63) is 0 Å². The predicted octanol–water partition coefficient (Wildman–Crippen LogP) is 5.29. The second-order valence-electron chi connectivity index (χ2n) is 9.87. The van der Waals surface area contributed by atoms with E-state index in [1.807, 2.05) is 0 Å². The highest BCUT2D eigenvalue weighted by atomic mass is 79.9. The number of ether oxygens (including phenoxy) is 13. The van der Waals surface area contributed by atoms with Gasteiger partial charge in [0.1, 0.15) is 40.8 Å². The molecule has 0 amide bonds. The molecule has 0 bridgehead atoms. The molecule has 0 fully saturated rings. The van der Waals surface area contributed by atoms with Crippen LogP contribution in [0.25, 0.3) is 0 Å². The van der Waals surface area contributed by atoms with E-state index in [0.717, 1.165) is 0 Å². The molecular formula is C28H52Br6O13. The van der Waals surface area contributed by atoms with Gasteiger partial charge in [-0.05, 0) is 0 Å². The van der Waals surface area contributed by atoms with Crippen molar-refractivity contribution in [2.75, 3.05) is 165 Å². The Labute approximate surface area is 330 Å². The standard InChI is InChI=1S/C28H52Br6O13/c29-1-7-35-21-42-15-27(16-43-22-36-8-2-30,17-44-23-37-9-3-31)13-41-14-28(18-45-24-38-10-4-32,19-46-25-39-11-5-33)20-47-26-40-12-6-34/h1-26H2. The summed E-state index contributed by atoms with van der Waals surface area (Å²) >= 11 is 20.1. The molecule has 0 unspecified atom stereocenters. The smallest absolute Gasteiger partial charge is 0.146 e. The summed E-state index contributed by atoms with van der Waals surface area (Å²) in [5.74, 6) is 0. The third-order valence-corrected chi connectivity index (χ3v) is 7.54. The van der Waals surface area contributed by atoms with Crippen molar-refractivity contribution in [2.45, 2.75) is 0 Å².